The Morgan fingerprint density at radius 3 is 2.67 bits per heavy atom. The third-order valence-corrected chi connectivity index (χ3v) is 1.49. The van der Waals surface area contributed by atoms with Crippen molar-refractivity contribution >= 4 is 12.2 Å². The summed E-state index contributed by atoms with van der Waals surface area (Å²) in [5.41, 5.74) is 0. The van der Waals surface area contributed by atoms with E-state index >= 15 is 0 Å². The Kier molecular flexibility index (Phi) is 3.26. The summed E-state index contributed by atoms with van der Waals surface area (Å²) >= 11 is 0. The van der Waals surface area contributed by atoms with Crippen LogP contribution in [0.15, 0.2) is 4.99 Å². The number of carboxylic acid groups (broad SMARTS) is 1. The average Bonchev–Trinajstić information content (AvgIpc) is 2.51. The van der Waals surface area contributed by atoms with E-state index < -0.39 is 12.0 Å². The highest BCUT2D eigenvalue weighted by Gasteiger charge is 2.15. The molecule has 1 aliphatic carbocycles. The number of carboxylic acids is 1. The van der Waals surface area contributed by atoms with Gasteiger partial charge in [-0.25, -0.2) is 4.79 Å². The summed E-state index contributed by atoms with van der Waals surface area (Å²) in [6.45, 7) is 1.54. The second kappa shape index (κ2) is 4.24. The Labute approximate surface area is 72.5 Å². The van der Waals surface area contributed by atoms with Crippen molar-refractivity contribution in [2.45, 2.75) is 13.0 Å². The molecule has 1 N–H and O–H groups in total. The maximum absolute atomic E-state index is 10.3. The second-order valence-corrected chi connectivity index (χ2v) is 2.51. The van der Waals surface area contributed by atoms with Gasteiger partial charge in [-0.3, -0.25) is 4.99 Å². The van der Waals surface area contributed by atoms with Crippen molar-refractivity contribution in [3.05, 3.63) is 31.6 Å². The molecular formula is C9H10NO2. The molecule has 0 aromatic rings. The van der Waals surface area contributed by atoms with E-state index in [1.54, 1.807) is 13.1 Å². The zero-order valence-corrected chi connectivity index (χ0v) is 6.77. The van der Waals surface area contributed by atoms with Crippen molar-refractivity contribution in [3.63, 3.8) is 0 Å². The Morgan fingerprint density at radius 2 is 2.17 bits per heavy atom. The predicted molar refractivity (Wildman–Crippen MR) is 46.0 cm³/mol. The lowest BCUT2D eigenvalue weighted by molar-refractivity contribution is -0.137. The predicted octanol–water partition coefficient (Wildman–Crippen LogP) is 0.936. The minimum Gasteiger partial charge on any atom is -0.480 e. The first kappa shape index (κ1) is 9.23. The Hall–Kier alpha value is -0.860. The van der Waals surface area contributed by atoms with Crippen LogP contribution in [0.5, 0.6) is 0 Å². The van der Waals surface area contributed by atoms with E-state index in [1.807, 2.05) is 25.7 Å². The molecule has 1 rings (SSSR count). The van der Waals surface area contributed by atoms with E-state index in [2.05, 4.69) is 4.99 Å². The molecule has 1 aliphatic rings. The van der Waals surface area contributed by atoms with Crippen molar-refractivity contribution in [1.82, 2.24) is 0 Å². The van der Waals surface area contributed by atoms with Gasteiger partial charge in [0.1, 0.15) is 6.04 Å². The minimum absolute atomic E-state index is 0.667. The molecule has 5 radical (unpaired) electrons. The first-order valence-electron chi connectivity index (χ1n) is 3.68. The average molecular weight is 164 g/mol. The molecule has 0 spiro atoms. The van der Waals surface area contributed by atoms with Crippen LogP contribution in [0.3, 0.4) is 0 Å². The highest BCUT2D eigenvalue weighted by Crippen LogP contribution is 2.20. The minimum atomic E-state index is -0.905. The first-order chi connectivity index (χ1) is 5.70. The highest BCUT2D eigenvalue weighted by molar-refractivity contribution is 5.85. The Balaban J connectivity index is 2.32. The quantitative estimate of drug-likeness (QED) is 0.631. The lowest BCUT2D eigenvalue weighted by atomic mass is 10.1. The van der Waals surface area contributed by atoms with Gasteiger partial charge in [-0.1, -0.05) is 0 Å². The number of rotatable bonds is 3. The molecule has 1 saturated carbocycles. The van der Waals surface area contributed by atoms with Gasteiger partial charge in [0, 0.05) is 12.1 Å². The van der Waals surface area contributed by atoms with Crippen LogP contribution < -0.4 is 0 Å². The standard InChI is InChI=1S/C9H10NO2/c1-7(9(11)12)10-6-8-4-2-3-5-8/h2-7H,1H3,(H,11,12)/t7-/m0/s1. The van der Waals surface area contributed by atoms with Gasteiger partial charge in [-0.05, 0) is 32.6 Å². The molecule has 0 aromatic heterocycles. The van der Waals surface area contributed by atoms with E-state index in [-0.39, 0.29) is 0 Å². The van der Waals surface area contributed by atoms with Gasteiger partial charge in [-0.15, -0.1) is 0 Å². The second-order valence-electron chi connectivity index (χ2n) is 2.51. The van der Waals surface area contributed by atoms with Crippen LogP contribution in [0, 0.1) is 31.6 Å². The molecular weight excluding hydrogens is 154 g/mol. The van der Waals surface area contributed by atoms with E-state index in [4.69, 9.17) is 5.11 Å². The van der Waals surface area contributed by atoms with Crippen molar-refractivity contribution in [3.8, 4) is 0 Å². The molecule has 0 aliphatic heterocycles. The SMILES string of the molecule is C[C@H](N=C[C]1[CH][CH][CH][CH]1)C(=O)O. The maximum atomic E-state index is 10.3. The molecule has 0 amide bonds. The summed E-state index contributed by atoms with van der Waals surface area (Å²) in [4.78, 5) is 14.2. The van der Waals surface area contributed by atoms with Crippen LogP contribution in [0.25, 0.3) is 0 Å². The maximum Gasteiger partial charge on any atom is 0.328 e. The largest absolute Gasteiger partial charge is 0.480 e. The van der Waals surface area contributed by atoms with Gasteiger partial charge < -0.3 is 5.11 Å². The molecule has 0 unspecified atom stereocenters. The molecule has 0 bridgehead atoms. The zero-order valence-electron chi connectivity index (χ0n) is 6.77. The molecule has 0 saturated heterocycles. The van der Waals surface area contributed by atoms with Gasteiger partial charge in [0.2, 0.25) is 0 Å². The molecule has 3 heteroatoms. The van der Waals surface area contributed by atoms with Crippen LogP contribution in [-0.4, -0.2) is 23.3 Å². The lowest BCUT2D eigenvalue weighted by Crippen LogP contribution is -2.13. The van der Waals surface area contributed by atoms with E-state index in [9.17, 15) is 4.79 Å². The molecule has 12 heavy (non-hydrogen) atoms. The van der Waals surface area contributed by atoms with Gasteiger partial charge in [0.05, 0.1) is 0 Å². The summed E-state index contributed by atoms with van der Waals surface area (Å²) in [6.07, 6.45) is 9.08. The summed E-state index contributed by atoms with van der Waals surface area (Å²) in [6, 6.07) is -0.667. The summed E-state index contributed by atoms with van der Waals surface area (Å²) in [5.74, 6) is 0.0286. The molecule has 3 nitrogen and oxygen atoms in total. The first-order valence-corrected chi connectivity index (χ1v) is 3.68. The van der Waals surface area contributed by atoms with E-state index in [0.29, 0.717) is 0 Å². The van der Waals surface area contributed by atoms with Crippen molar-refractivity contribution in [2.24, 2.45) is 4.99 Å². The number of carbonyl (C=O) groups is 1. The van der Waals surface area contributed by atoms with Crippen LogP contribution in [0.2, 0.25) is 0 Å². The van der Waals surface area contributed by atoms with Crippen molar-refractivity contribution < 1.29 is 9.90 Å². The fourth-order valence-electron chi connectivity index (χ4n) is 0.737. The third-order valence-electron chi connectivity index (χ3n) is 1.49. The van der Waals surface area contributed by atoms with Crippen LogP contribution >= 0.6 is 0 Å². The normalized spacial score (nSPS) is 21.8. The van der Waals surface area contributed by atoms with Crippen LogP contribution in [0.1, 0.15) is 6.92 Å². The van der Waals surface area contributed by atoms with Gasteiger partial charge in [-0.2, -0.15) is 0 Å². The number of nitrogens with zero attached hydrogens (tertiary/aromatic N) is 1. The van der Waals surface area contributed by atoms with Crippen LogP contribution in [-0.2, 0) is 4.79 Å². The number of aliphatic carboxylic acids is 1. The summed E-state index contributed by atoms with van der Waals surface area (Å²) in [5, 5.41) is 8.50. The monoisotopic (exact) mass is 164 g/mol. The van der Waals surface area contributed by atoms with Gasteiger partial charge in [0.25, 0.3) is 0 Å². The Bertz CT molecular complexity index is 183. The highest BCUT2D eigenvalue weighted by atomic mass is 16.4. The summed E-state index contributed by atoms with van der Waals surface area (Å²) in [7, 11) is 0. The van der Waals surface area contributed by atoms with Crippen LogP contribution in [0.4, 0.5) is 0 Å². The molecule has 1 fully saturated rings. The number of hydrogen-bond acceptors (Lipinski definition) is 2. The lowest BCUT2D eigenvalue weighted by Gasteiger charge is -2.00. The molecule has 63 valence electrons. The fraction of sp³-hybridized carbons (Fsp3) is 0.222. The topological polar surface area (TPSA) is 49.7 Å². The third kappa shape index (κ3) is 2.64. The zero-order chi connectivity index (χ0) is 8.97. The molecule has 0 heterocycles. The fourth-order valence-corrected chi connectivity index (χ4v) is 0.737. The van der Waals surface area contributed by atoms with E-state index in [1.165, 1.54) is 0 Å². The smallest absolute Gasteiger partial charge is 0.328 e. The number of hydrogen-bond donors (Lipinski definition) is 1. The molecule has 1 atom stereocenters. The summed E-state index contributed by atoms with van der Waals surface area (Å²) < 4.78 is 0. The van der Waals surface area contributed by atoms with Crippen molar-refractivity contribution in [1.29, 1.82) is 0 Å². The number of aliphatic imine (C=N–C) groups is 1. The van der Waals surface area contributed by atoms with Crippen molar-refractivity contribution in [2.75, 3.05) is 0 Å². The van der Waals surface area contributed by atoms with Gasteiger partial charge in [0.15, 0.2) is 0 Å². The van der Waals surface area contributed by atoms with E-state index in [0.717, 1.165) is 5.92 Å². The Morgan fingerprint density at radius 1 is 1.58 bits per heavy atom. The molecule has 0 aromatic carbocycles. The van der Waals surface area contributed by atoms with Gasteiger partial charge >= 0.3 is 5.97 Å².